The smallest absolute Gasteiger partial charge is 0.243 e. The average molecular weight is 468 g/mol. The first-order valence-corrected chi connectivity index (χ1v) is 13.1. The Bertz CT molecular complexity index is 1120. The first kappa shape index (κ1) is 23.8. The van der Waals surface area contributed by atoms with Crippen LogP contribution in [0.3, 0.4) is 0 Å². The van der Waals surface area contributed by atoms with Gasteiger partial charge >= 0.3 is 0 Å². The van der Waals surface area contributed by atoms with Crippen molar-refractivity contribution in [3.05, 3.63) is 65.7 Å². The second kappa shape index (κ2) is 8.80. The third kappa shape index (κ3) is 4.69. The molecule has 1 saturated carbocycles. The van der Waals surface area contributed by atoms with Crippen LogP contribution in [0.5, 0.6) is 0 Å². The van der Waals surface area contributed by atoms with E-state index in [0.717, 1.165) is 17.4 Å². The quantitative estimate of drug-likeness (QED) is 0.483. The van der Waals surface area contributed by atoms with Gasteiger partial charge < -0.3 is 4.79 Å². The molecule has 0 bridgehead atoms. The summed E-state index contributed by atoms with van der Waals surface area (Å²) in [5.41, 5.74) is 1.70. The molecular weight excluding hydrogens is 434 g/mol. The van der Waals surface area contributed by atoms with Crippen LogP contribution in [0.2, 0.25) is 0 Å². The Labute approximate surface area is 197 Å². The number of piperidine rings is 1. The van der Waals surface area contributed by atoms with Crippen molar-refractivity contribution in [3.8, 4) is 0 Å². The lowest BCUT2D eigenvalue weighted by Gasteiger charge is -2.51. The van der Waals surface area contributed by atoms with E-state index in [1.54, 1.807) is 16.4 Å². The Kier molecular flexibility index (Phi) is 6.36. The molecule has 4 rings (SSSR count). The first-order valence-electron chi connectivity index (χ1n) is 11.7. The van der Waals surface area contributed by atoms with Crippen LogP contribution >= 0.6 is 0 Å². The number of Topliss-reactive ketones (excluding diaryl/α,β-unsaturated/α-hetero) is 1. The molecule has 1 aliphatic heterocycles. The van der Waals surface area contributed by atoms with E-state index in [0.29, 0.717) is 43.7 Å². The number of nitrogens with zero attached hydrogens (tertiary/aromatic N) is 1. The molecule has 6 heteroatoms. The van der Waals surface area contributed by atoms with E-state index in [9.17, 15) is 18.0 Å². The van der Waals surface area contributed by atoms with Crippen LogP contribution in [0.15, 0.2) is 59.5 Å². The Balaban J connectivity index is 1.67. The number of hydrogen-bond donors (Lipinski definition) is 0. The van der Waals surface area contributed by atoms with Crippen molar-refractivity contribution in [1.82, 2.24) is 4.31 Å². The molecular formula is C27H33NO4S. The van der Waals surface area contributed by atoms with Crippen molar-refractivity contribution in [2.45, 2.75) is 56.8 Å². The van der Waals surface area contributed by atoms with E-state index < -0.39 is 21.4 Å². The van der Waals surface area contributed by atoms with E-state index >= 15 is 0 Å². The lowest BCUT2D eigenvalue weighted by molar-refractivity contribution is -0.137. The van der Waals surface area contributed by atoms with Gasteiger partial charge in [0, 0.05) is 19.5 Å². The zero-order chi connectivity index (χ0) is 23.9. The van der Waals surface area contributed by atoms with Crippen molar-refractivity contribution < 1.29 is 18.0 Å². The van der Waals surface area contributed by atoms with Crippen LogP contribution in [-0.2, 0) is 31.4 Å². The summed E-state index contributed by atoms with van der Waals surface area (Å²) in [7, 11) is -3.68. The molecule has 0 amide bonds. The normalized spacial score (nSPS) is 26.6. The minimum Gasteiger partial charge on any atom is -0.303 e. The lowest BCUT2D eigenvalue weighted by atomic mass is 9.58. The lowest BCUT2D eigenvalue weighted by Crippen LogP contribution is -2.56. The zero-order valence-electron chi connectivity index (χ0n) is 19.7. The topological polar surface area (TPSA) is 71.5 Å². The largest absolute Gasteiger partial charge is 0.303 e. The van der Waals surface area contributed by atoms with Crippen LogP contribution in [0, 0.1) is 17.3 Å². The third-order valence-electron chi connectivity index (χ3n) is 7.49. The molecule has 0 N–H and O–H groups in total. The summed E-state index contributed by atoms with van der Waals surface area (Å²) in [5.74, 6) is -0.581. The molecule has 0 aromatic heterocycles. The van der Waals surface area contributed by atoms with Crippen LogP contribution < -0.4 is 0 Å². The summed E-state index contributed by atoms with van der Waals surface area (Å²) < 4.78 is 28.8. The summed E-state index contributed by atoms with van der Waals surface area (Å²) in [4.78, 5) is 24.5. The van der Waals surface area contributed by atoms with E-state index in [-0.39, 0.29) is 17.1 Å². The second-order valence-electron chi connectivity index (χ2n) is 10.7. The Morgan fingerprint density at radius 1 is 1.06 bits per heavy atom. The van der Waals surface area contributed by atoms with Gasteiger partial charge in [-0.3, -0.25) is 4.79 Å². The molecule has 33 heavy (non-hydrogen) atoms. The van der Waals surface area contributed by atoms with E-state index in [4.69, 9.17) is 0 Å². The minimum atomic E-state index is -3.68. The number of carbonyl (C=O) groups excluding carboxylic acids is 2. The molecule has 1 heterocycles. The number of sulfonamides is 1. The van der Waals surface area contributed by atoms with E-state index in [1.807, 2.05) is 42.5 Å². The number of benzene rings is 2. The molecule has 3 unspecified atom stereocenters. The van der Waals surface area contributed by atoms with Gasteiger partial charge in [0.05, 0.1) is 10.8 Å². The number of aldehydes is 1. The molecule has 3 atom stereocenters. The molecule has 5 nitrogen and oxygen atoms in total. The van der Waals surface area contributed by atoms with Gasteiger partial charge in [-0.2, -0.15) is 4.31 Å². The Hall–Kier alpha value is -2.31. The molecule has 0 radical (unpaired) electrons. The highest BCUT2D eigenvalue weighted by Crippen LogP contribution is 2.49. The molecule has 176 valence electrons. The van der Waals surface area contributed by atoms with Crippen molar-refractivity contribution in [3.63, 3.8) is 0 Å². The maximum Gasteiger partial charge on any atom is 0.243 e. The summed E-state index contributed by atoms with van der Waals surface area (Å²) in [6.45, 7) is 7.02. The van der Waals surface area contributed by atoms with E-state index in [2.05, 4.69) is 20.8 Å². The monoisotopic (exact) mass is 467 g/mol. The highest BCUT2D eigenvalue weighted by molar-refractivity contribution is 7.89. The van der Waals surface area contributed by atoms with Gasteiger partial charge in [0.15, 0.2) is 0 Å². The number of ketones is 1. The fraction of sp³-hybridized carbons (Fsp3) is 0.481. The van der Waals surface area contributed by atoms with Gasteiger partial charge in [-0.1, -0.05) is 63.2 Å². The zero-order valence-corrected chi connectivity index (χ0v) is 20.5. The molecule has 2 fully saturated rings. The summed E-state index contributed by atoms with van der Waals surface area (Å²) in [6, 6.07) is 17.2. The predicted molar refractivity (Wildman–Crippen MR) is 128 cm³/mol. The number of hydrogen-bond acceptors (Lipinski definition) is 4. The van der Waals surface area contributed by atoms with Crippen LogP contribution in [-0.4, -0.2) is 37.9 Å². The third-order valence-corrected chi connectivity index (χ3v) is 9.35. The Morgan fingerprint density at radius 3 is 2.33 bits per heavy atom. The van der Waals surface area contributed by atoms with Crippen LogP contribution in [0.1, 0.15) is 51.2 Å². The van der Waals surface area contributed by atoms with Gasteiger partial charge in [0.1, 0.15) is 12.1 Å². The standard InChI is InChI=1S/C27H33NO4S/c1-26(2,3)22-9-11-24(12-10-22)33(31,32)28-14-13-23-15-25(30)21(18-29)17-27(23,19-28)16-20-7-5-4-6-8-20/h4-12,18,21,23H,13-17,19H2,1-3H3. The number of carbonyl (C=O) groups is 2. The fourth-order valence-electron chi connectivity index (χ4n) is 5.54. The summed E-state index contributed by atoms with van der Waals surface area (Å²) in [6.07, 6.45) is 2.80. The number of fused-ring (bicyclic) bond motifs is 1. The van der Waals surface area contributed by atoms with Crippen LogP contribution in [0.4, 0.5) is 0 Å². The summed E-state index contributed by atoms with van der Waals surface area (Å²) in [5, 5.41) is 0. The molecule has 1 aliphatic carbocycles. The molecule has 1 saturated heterocycles. The average Bonchev–Trinajstić information content (AvgIpc) is 2.78. The van der Waals surface area contributed by atoms with Gasteiger partial charge in [-0.05, 0) is 59.3 Å². The SMILES string of the molecule is CC(C)(C)c1ccc(S(=O)(=O)N2CCC3CC(=O)C(C=O)CC3(Cc3ccccc3)C2)cc1. The maximum absolute atomic E-state index is 13.6. The van der Waals surface area contributed by atoms with Crippen molar-refractivity contribution in [2.75, 3.05) is 13.1 Å². The molecule has 0 spiro atoms. The van der Waals surface area contributed by atoms with Gasteiger partial charge in [-0.25, -0.2) is 8.42 Å². The highest BCUT2D eigenvalue weighted by Gasteiger charge is 2.51. The number of rotatable bonds is 5. The van der Waals surface area contributed by atoms with Crippen molar-refractivity contribution in [1.29, 1.82) is 0 Å². The highest BCUT2D eigenvalue weighted by atomic mass is 32.2. The maximum atomic E-state index is 13.6. The molecule has 2 aromatic carbocycles. The van der Waals surface area contributed by atoms with Crippen LogP contribution in [0.25, 0.3) is 0 Å². The van der Waals surface area contributed by atoms with Gasteiger partial charge in [-0.15, -0.1) is 0 Å². The molecule has 2 aromatic rings. The van der Waals surface area contributed by atoms with Crippen molar-refractivity contribution in [2.24, 2.45) is 17.3 Å². The molecule has 2 aliphatic rings. The summed E-state index contributed by atoms with van der Waals surface area (Å²) >= 11 is 0. The minimum absolute atomic E-state index is 0.00670. The van der Waals surface area contributed by atoms with Crippen molar-refractivity contribution >= 4 is 22.1 Å². The Morgan fingerprint density at radius 2 is 1.73 bits per heavy atom. The second-order valence-corrected chi connectivity index (χ2v) is 12.7. The fourth-order valence-corrected chi connectivity index (χ4v) is 7.09. The first-order chi connectivity index (χ1) is 15.5. The van der Waals surface area contributed by atoms with E-state index in [1.165, 1.54) is 0 Å². The predicted octanol–water partition coefficient (Wildman–Crippen LogP) is 4.40. The van der Waals surface area contributed by atoms with Gasteiger partial charge in [0.25, 0.3) is 0 Å². The van der Waals surface area contributed by atoms with Gasteiger partial charge in [0.2, 0.25) is 10.0 Å².